The molecule has 0 radical (unpaired) electrons. The van der Waals surface area contributed by atoms with Crippen molar-refractivity contribution < 1.29 is 0 Å². The fraction of sp³-hybridized carbons (Fsp3) is 0.381. The summed E-state index contributed by atoms with van der Waals surface area (Å²) >= 11 is 0. The normalized spacial score (nSPS) is 22.7. The Morgan fingerprint density at radius 3 is 2.56 bits per heavy atom. The molecule has 27 heavy (non-hydrogen) atoms. The van der Waals surface area contributed by atoms with Gasteiger partial charge in [0, 0.05) is 62.7 Å². The molecule has 3 aliphatic heterocycles. The third kappa shape index (κ3) is 3.45. The number of hydrogen-bond acceptors (Lipinski definition) is 5. The lowest BCUT2D eigenvalue weighted by molar-refractivity contribution is 0.126. The summed E-state index contributed by atoms with van der Waals surface area (Å²) in [6.07, 6.45) is 11.9. The number of benzene rings is 1. The van der Waals surface area contributed by atoms with Gasteiger partial charge in [-0.15, -0.1) is 0 Å². The zero-order chi connectivity index (χ0) is 18.1. The molecule has 138 valence electrons. The summed E-state index contributed by atoms with van der Waals surface area (Å²) in [6, 6.07) is 11.3. The molecule has 0 saturated carbocycles. The Kier molecular flexibility index (Phi) is 4.33. The maximum Gasteiger partial charge on any atom is 0.225 e. The highest BCUT2D eigenvalue weighted by molar-refractivity contribution is 5.35. The molecule has 2 bridgehead atoms. The molecule has 6 nitrogen and oxygen atoms in total. The first kappa shape index (κ1) is 16.4. The predicted molar refractivity (Wildman–Crippen MR) is 105 cm³/mol. The van der Waals surface area contributed by atoms with Crippen molar-refractivity contribution in [3.8, 4) is 5.69 Å². The first-order chi connectivity index (χ1) is 13.3. The average molecular weight is 360 g/mol. The number of piperidine rings is 1. The van der Waals surface area contributed by atoms with Crippen LogP contribution >= 0.6 is 0 Å². The van der Waals surface area contributed by atoms with Gasteiger partial charge >= 0.3 is 0 Å². The van der Waals surface area contributed by atoms with Crippen LogP contribution in [-0.4, -0.2) is 50.1 Å². The van der Waals surface area contributed by atoms with Crippen molar-refractivity contribution in [2.45, 2.75) is 25.4 Å². The predicted octanol–water partition coefficient (Wildman–Crippen LogP) is 2.76. The van der Waals surface area contributed by atoms with Gasteiger partial charge in [0.2, 0.25) is 5.95 Å². The van der Waals surface area contributed by atoms with Gasteiger partial charge in [0.1, 0.15) is 0 Å². The zero-order valence-electron chi connectivity index (χ0n) is 15.4. The van der Waals surface area contributed by atoms with Gasteiger partial charge in [0.25, 0.3) is 0 Å². The Morgan fingerprint density at radius 2 is 1.78 bits per heavy atom. The molecule has 0 N–H and O–H groups in total. The van der Waals surface area contributed by atoms with Crippen LogP contribution in [0.25, 0.3) is 5.69 Å². The zero-order valence-corrected chi connectivity index (χ0v) is 15.4. The number of imidazole rings is 1. The summed E-state index contributed by atoms with van der Waals surface area (Å²) in [5, 5.41) is 0. The van der Waals surface area contributed by atoms with E-state index >= 15 is 0 Å². The van der Waals surface area contributed by atoms with E-state index in [2.05, 4.69) is 49.0 Å². The molecular weight excluding hydrogens is 336 g/mol. The van der Waals surface area contributed by atoms with Gasteiger partial charge in [-0.1, -0.05) is 12.1 Å². The lowest BCUT2D eigenvalue weighted by atomic mass is 9.94. The molecular formula is C21H24N6. The number of nitrogens with zero attached hydrogens (tertiary/aromatic N) is 6. The van der Waals surface area contributed by atoms with E-state index in [1.54, 1.807) is 0 Å². The fourth-order valence-corrected chi connectivity index (χ4v) is 4.41. The molecule has 6 rings (SSSR count). The smallest absolute Gasteiger partial charge is 0.225 e. The molecule has 5 heterocycles. The van der Waals surface area contributed by atoms with Crippen LogP contribution in [0.15, 0.2) is 61.4 Å². The number of hydrogen-bond donors (Lipinski definition) is 0. The first-order valence-electron chi connectivity index (χ1n) is 9.68. The Bertz CT molecular complexity index is 861. The maximum absolute atomic E-state index is 4.47. The van der Waals surface area contributed by atoms with Gasteiger partial charge in [-0.3, -0.25) is 4.90 Å². The number of anilines is 1. The van der Waals surface area contributed by atoms with Crippen molar-refractivity contribution in [2.75, 3.05) is 24.5 Å². The monoisotopic (exact) mass is 360 g/mol. The first-order valence-corrected chi connectivity index (χ1v) is 9.68. The fourth-order valence-electron chi connectivity index (χ4n) is 4.41. The number of rotatable bonds is 4. The summed E-state index contributed by atoms with van der Waals surface area (Å²) in [7, 11) is 0. The van der Waals surface area contributed by atoms with E-state index in [9.17, 15) is 0 Å². The molecule has 3 fully saturated rings. The molecule has 0 aliphatic carbocycles. The lowest BCUT2D eigenvalue weighted by Gasteiger charge is -2.36. The van der Waals surface area contributed by atoms with E-state index < -0.39 is 0 Å². The second kappa shape index (κ2) is 7.12. The molecule has 0 spiro atoms. The molecule has 2 aromatic heterocycles. The minimum atomic E-state index is 0.570. The minimum absolute atomic E-state index is 0.570. The highest BCUT2D eigenvalue weighted by Crippen LogP contribution is 2.30. The molecule has 2 atom stereocenters. The Hall–Kier alpha value is -2.73. The largest absolute Gasteiger partial charge is 0.339 e. The van der Waals surface area contributed by atoms with Gasteiger partial charge in [-0.25, -0.2) is 15.0 Å². The highest BCUT2D eigenvalue weighted by Gasteiger charge is 2.35. The van der Waals surface area contributed by atoms with Crippen molar-refractivity contribution in [3.63, 3.8) is 0 Å². The highest BCUT2D eigenvalue weighted by atomic mass is 15.3. The summed E-state index contributed by atoms with van der Waals surface area (Å²) in [5.74, 6) is 1.57. The standard InChI is InChI=1S/C21H24N6/c1-8-23-21(24-9-1)27-14-18-4-7-20(15-27)26(13-18)12-17-2-5-19(6-3-17)25-11-10-22-16-25/h1-3,5-6,8-11,16,18,20H,4,7,12-15H2. The summed E-state index contributed by atoms with van der Waals surface area (Å²) < 4.78 is 2.04. The van der Waals surface area contributed by atoms with E-state index in [1.165, 1.54) is 18.4 Å². The van der Waals surface area contributed by atoms with Crippen LogP contribution in [0.3, 0.4) is 0 Å². The van der Waals surface area contributed by atoms with Gasteiger partial charge in [0.05, 0.1) is 6.33 Å². The lowest BCUT2D eigenvalue weighted by Crippen LogP contribution is -2.43. The Labute approximate surface area is 159 Å². The average Bonchev–Trinajstić information content (AvgIpc) is 3.11. The second-order valence-electron chi connectivity index (χ2n) is 7.62. The van der Waals surface area contributed by atoms with Crippen molar-refractivity contribution in [1.82, 2.24) is 24.4 Å². The minimum Gasteiger partial charge on any atom is -0.339 e. The second-order valence-corrected chi connectivity index (χ2v) is 7.62. The molecule has 3 aliphatic rings. The van der Waals surface area contributed by atoms with E-state index in [0.29, 0.717) is 12.0 Å². The Balaban J connectivity index is 1.30. The summed E-state index contributed by atoms with van der Waals surface area (Å²) in [6.45, 7) is 4.26. The van der Waals surface area contributed by atoms with Crippen molar-refractivity contribution in [3.05, 3.63) is 67.0 Å². The van der Waals surface area contributed by atoms with Crippen LogP contribution in [0.1, 0.15) is 18.4 Å². The van der Waals surface area contributed by atoms with E-state index in [1.807, 2.05) is 41.7 Å². The molecule has 0 amide bonds. The molecule has 3 aromatic rings. The van der Waals surface area contributed by atoms with Gasteiger partial charge < -0.3 is 9.47 Å². The van der Waals surface area contributed by atoms with Crippen LogP contribution in [-0.2, 0) is 6.54 Å². The van der Waals surface area contributed by atoms with Gasteiger partial charge in [-0.2, -0.15) is 0 Å². The maximum atomic E-state index is 4.47. The topological polar surface area (TPSA) is 50.1 Å². The summed E-state index contributed by atoms with van der Waals surface area (Å²) in [4.78, 5) is 18.1. The van der Waals surface area contributed by atoms with Crippen LogP contribution in [0, 0.1) is 5.92 Å². The van der Waals surface area contributed by atoms with E-state index in [0.717, 1.165) is 37.8 Å². The van der Waals surface area contributed by atoms with Crippen LogP contribution in [0.4, 0.5) is 5.95 Å². The van der Waals surface area contributed by atoms with Crippen molar-refractivity contribution >= 4 is 5.95 Å². The van der Waals surface area contributed by atoms with E-state index in [4.69, 9.17) is 0 Å². The molecule has 6 heteroatoms. The Morgan fingerprint density at radius 1 is 0.926 bits per heavy atom. The molecule has 2 unspecified atom stereocenters. The quantitative estimate of drug-likeness (QED) is 0.716. The van der Waals surface area contributed by atoms with Gasteiger partial charge in [0.15, 0.2) is 0 Å². The van der Waals surface area contributed by atoms with Crippen molar-refractivity contribution in [2.24, 2.45) is 5.92 Å². The SMILES string of the molecule is c1cnc(N2CC3CCC(C2)N(Cc2ccc(-n4ccnc4)cc2)C3)nc1. The third-order valence-electron chi connectivity index (χ3n) is 5.79. The molecule has 3 saturated heterocycles. The van der Waals surface area contributed by atoms with Crippen LogP contribution < -0.4 is 4.90 Å². The molecule has 1 aromatic carbocycles. The third-order valence-corrected chi connectivity index (χ3v) is 5.79. The van der Waals surface area contributed by atoms with Crippen molar-refractivity contribution in [1.29, 1.82) is 0 Å². The van der Waals surface area contributed by atoms with Crippen LogP contribution in [0.2, 0.25) is 0 Å². The van der Waals surface area contributed by atoms with Crippen LogP contribution in [0.5, 0.6) is 0 Å². The van der Waals surface area contributed by atoms with E-state index in [-0.39, 0.29) is 0 Å². The number of fused-ring (bicyclic) bond motifs is 4. The summed E-state index contributed by atoms with van der Waals surface area (Å²) in [5.41, 5.74) is 2.52. The van der Waals surface area contributed by atoms with Gasteiger partial charge in [-0.05, 0) is 42.5 Å². The number of aromatic nitrogens is 4.